The Morgan fingerprint density at radius 2 is 1.90 bits per heavy atom. The lowest BCUT2D eigenvalue weighted by Crippen LogP contribution is -2.27. The second kappa shape index (κ2) is 7.55. The molecule has 0 spiro atoms. The van der Waals surface area contributed by atoms with Gasteiger partial charge in [0.05, 0.1) is 0 Å². The number of benzene rings is 1. The van der Waals surface area contributed by atoms with E-state index in [1.54, 1.807) is 0 Å². The zero-order chi connectivity index (χ0) is 14.4. The number of hydrogen-bond acceptors (Lipinski definition) is 2. The van der Waals surface area contributed by atoms with E-state index in [9.17, 15) is 0 Å². The maximum atomic E-state index is 4.50. The Labute approximate surface area is 129 Å². The van der Waals surface area contributed by atoms with Gasteiger partial charge in [-0.3, -0.25) is 4.98 Å². The second-order valence-electron chi connectivity index (χ2n) is 5.03. The van der Waals surface area contributed by atoms with Crippen molar-refractivity contribution >= 4 is 15.9 Å². The molecule has 2 aromatic rings. The highest BCUT2D eigenvalue weighted by Gasteiger charge is 2.20. The van der Waals surface area contributed by atoms with Crippen LogP contribution in [0.2, 0.25) is 0 Å². The predicted octanol–water partition coefficient (Wildman–Crippen LogP) is 4.69. The van der Waals surface area contributed by atoms with Gasteiger partial charge in [-0.15, -0.1) is 0 Å². The summed E-state index contributed by atoms with van der Waals surface area (Å²) in [6.07, 6.45) is 2.99. The third-order valence-electron chi connectivity index (χ3n) is 3.50. The third-order valence-corrected chi connectivity index (χ3v) is 4.03. The Hall–Kier alpha value is -1.19. The molecule has 1 aromatic heterocycles. The van der Waals surface area contributed by atoms with E-state index in [1.165, 1.54) is 5.56 Å². The lowest BCUT2D eigenvalue weighted by molar-refractivity contribution is 0.460. The van der Waals surface area contributed by atoms with Crippen LogP contribution in [0.3, 0.4) is 0 Å². The number of nitrogens with one attached hydrogen (secondary N) is 1. The number of hydrogen-bond donors (Lipinski definition) is 1. The highest BCUT2D eigenvalue weighted by molar-refractivity contribution is 9.10. The Balaban J connectivity index is 2.25. The molecule has 20 heavy (non-hydrogen) atoms. The summed E-state index contributed by atoms with van der Waals surface area (Å²) in [5.41, 5.74) is 2.43. The molecule has 0 aliphatic carbocycles. The van der Waals surface area contributed by atoms with Gasteiger partial charge in [0.15, 0.2) is 0 Å². The van der Waals surface area contributed by atoms with Crippen LogP contribution < -0.4 is 5.32 Å². The molecule has 0 radical (unpaired) electrons. The number of rotatable bonds is 6. The molecule has 1 heterocycles. The van der Waals surface area contributed by atoms with E-state index in [4.69, 9.17) is 0 Å². The van der Waals surface area contributed by atoms with Crippen LogP contribution in [0.15, 0.2) is 53.1 Å². The zero-order valence-corrected chi connectivity index (χ0v) is 13.6. The van der Waals surface area contributed by atoms with Crippen LogP contribution in [0.1, 0.15) is 43.5 Å². The minimum atomic E-state index is 0.290. The quantitative estimate of drug-likeness (QED) is 0.830. The average molecular weight is 333 g/mol. The molecule has 0 saturated carbocycles. The molecular weight excluding hydrogens is 312 g/mol. The van der Waals surface area contributed by atoms with E-state index >= 15 is 0 Å². The maximum Gasteiger partial charge on any atom is 0.0450 e. The van der Waals surface area contributed by atoms with Crippen molar-refractivity contribution in [2.75, 3.05) is 6.54 Å². The molecular formula is C17H21BrN2. The molecule has 1 aromatic carbocycles. The van der Waals surface area contributed by atoms with Gasteiger partial charge in [-0.2, -0.15) is 0 Å². The Kier molecular flexibility index (Phi) is 5.74. The fourth-order valence-electron chi connectivity index (χ4n) is 2.37. The highest BCUT2D eigenvalue weighted by atomic mass is 79.9. The number of nitrogens with zero attached hydrogens (tertiary/aromatic N) is 1. The molecule has 0 fully saturated rings. The van der Waals surface area contributed by atoms with Gasteiger partial charge < -0.3 is 5.32 Å². The summed E-state index contributed by atoms with van der Waals surface area (Å²) >= 11 is 3.50. The molecule has 0 aliphatic rings. The summed E-state index contributed by atoms with van der Waals surface area (Å²) in [7, 11) is 0. The fraction of sp³-hybridized carbons (Fsp3) is 0.353. The molecule has 106 valence electrons. The second-order valence-corrected chi connectivity index (χ2v) is 5.94. The first kappa shape index (κ1) is 15.2. The third kappa shape index (κ3) is 3.90. The summed E-state index contributed by atoms with van der Waals surface area (Å²) in [6, 6.07) is 15.0. The summed E-state index contributed by atoms with van der Waals surface area (Å²) in [6.45, 7) is 5.44. The van der Waals surface area contributed by atoms with Crippen molar-refractivity contribution in [2.24, 2.45) is 0 Å². The summed E-state index contributed by atoms with van der Waals surface area (Å²) in [5.74, 6) is 0.337. The van der Waals surface area contributed by atoms with Gasteiger partial charge in [0.1, 0.15) is 0 Å². The van der Waals surface area contributed by atoms with Gasteiger partial charge in [-0.1, -0.05) is 48.0 Å². The van der Waals surface area contributed by atoms with Crippen molar-refractivity contribution in [3.8, 4) is 0 Å². The van der Waals surface area contributed by atoms with Gasteiger partial charge in [0.2, 0.25) is 0 Å². The van der Waals surface area contributed by atoms with Crippen LogP contribution in [0, 0.1) is 0 Å². The van der Waals surface area contributed by atoms with E-state index in [2.05, 4.69) is 76.5 Å². The molecule has 2 rings (SSSR count). The normalized spacial score (nSPS) is 13.9. The lowest BCUT2D eigenvalue weighted by atomic mass is 9.91. The van der Waals surface area contributed by atoms with Gasteiger partial charge >= 0.3 is 0 Å². The minimum Gasteiger partial charge on any atom is -0.309 e. The molecule has 3 heteroatoms. The largest absolute Gasteiger partial charge is 0.309 e. The van der Waals surface area contributed by atoms with Crippen LogP contribution in [0.4, 0.5) is 0 Å². The van der Waals surface area contributed by atoms with Crippen LogP contribution in [0.25, 0.3) is 0 Å². The predicted molar refractivity (Wildman–Crippen MR) is 87.8 cm³/mol. The van der Waals surface area contributed by atoms with Crippen LogP contribution in [-0.4, -0.2) is 11.5 Å². The SMILES string of the molecule is CCCNC(c1ccc(Br)cc1)C(C)c1ccccn1. The van der Waals surface area contributed by atoms with Crippen molar-refractivity contribution in [3.05, 3.63) is 64.4 Å². The first-order valence-electron chi connectivity index (χ1n) is 7.12. The van der Waals surface area contributed by atoms with E-state index in [0.717, 1.165) is 23.1 Å². The van der Waals surface area contributed by atoms with Gasteiger partial charge in [0.25, 0.3) is 0 Å². The topological polar surface area (TPSA) is 24.9 Å². The van der Waals surface area contributed by atoms with Gasteiger partial charge in [-0.05, 0) is 42.8 Å². The van der Waals surface area contributed by atoms with Gasteiger partial charge in [0, 0.05) is 28.3 Å². The van der Waals surface area contributed by atoms with Crippen molar-refractivity contribution in [2.45, 2.75) is 32.2 Å². The zero-order valence-electron chi connectivity index (χ0n) is 12.0. The van der Waals surface area contributed by atoms with Crippen LogP contribution >= 0.6 is 15.9 Å². The Bertz CT molecular complexity index is 510. The van der Waals surface area contributed by atoms with Crippen LogP contribution in [0.5, 0.6) is 0 Å². The van der Waals surface area contributed by atoms with E-state index in [0.29, 0.717) is 5.92 Å². The van der Waals surface area contributed by atoms with Gasteiger partial charge in [-0.25, -0.2) is 0 Å². The maximum absolute atomic E-state index is 4.50. The minimum absolute atomic E-state index is 0.290. The number of pyridine rings is 1. The van der Waals surface area contributed by atoms with E-state index in [1.807, 2.05) is 12.3 Å². The smallest absolute Gasteiger partial charge is 0.0450 e. The molecule has 0 amide bonds. The molecule has 0 saturated heterocycles. The average Bonchev–Trinajstić information content (AvgIpc) is 2.50. The first-order valence-corrected chi connectivity index (χ1v) is 7.91. The Morgan fingerprint density at radius 1 is 1.15 bits per heavy atom. The van der Waals surface area contributed by atoms with E-state index in [-0.39, 0.29) is 6.04 Å². The first-order chi connectivity index (χ1) is 9.72. The lowest BCUT2D eigenvalue weighted by Gasteiger charge is -2.25. The molecule has 0 aliphatic heterocycles. The molecule has 0 bridgehead atoms. The molecule has 2 unspecified atom stereocenters. The standard InChI is InChI=1S/C17H21BrN2/c1-3-11-20-17(14-7-9-15(18)10-8-14)13(2)16-6-4-5-12-19-16/h4-10,12-13,17,20H,3,11H2,1-2H3. The van der Waals surface area contributed by atoms with Crippen molar-refractivity contribution in [1.82, 2.24) is 10.3 Å². The van der Waals surface area contributed by atoms with Crippen molar-refractivity contribution in [1.29, 1.82) is 0 Å². The van der Waals surface area contributed by atoms with Crippen molar-refractivity contribution in [3.63, 3.8) is 0 Å². The van der Waals surface area contributed by atoms with Crippen molar-refractivity contribution < 1.29 is 0 Å². The monoisotopic (exact) mass is 332 g/mol. The molecule has 2 atom stereocenters. The number of aromatic nitrogens is 1. The fourth-order valence-corrected chi connectivity index (χ4v) is 2.63. The Morgan fingerprint density at radius 3 is 2.50 bits per heavy atom. The highest BCUT2D eigenvalue weighted by Crippen LogP contribution is 2.30. The molecule has 2 nitrogen and oxygen atoms in total. The summed E-state index contributed by atoms with van der Waals surface area (Å²) < 4.78 is 1.11. The van der Waals surface area contributed by atoms with Crippen LogP contribution in [-0.2, 0) is 0 Å². The summed E-state index contributed by atoms with van der Waals surface area (Å²) in [5, 5.41) is 3.65. The number of halogens is 1. The summed E-state index contributed by atoms with van der Waals surface area (Å²) in [4.78, 5) is 4.50. The molecule has 1 N–H and O–H groups in total. The van der Waals surface area contributed by atoms with E-state index < -0.39 is 0 Å².